The summed E-state index contributed by atoms with van der Waals surface area (Å²) in [6.07, 6.45) is -1.09. The molecular formula is C16H16N2O5S. The first-order valence-corrected chi connectivity index (χ1v) is 7.86. The minimum atomic E-state index is -1.09. The van der Waals surface area contributed by atoms with Crippen molar-refractivity contribution in [3.8, 4) is 5.75 Å². The SMILES string of the molecule is Cc1ccc(C(=O)O[C@H](C)C(=O)Nc2sccc2C(N)=O)cc1O. The van der Waals surface area contributed by atoms with Gasteiger partial charge >= 0.3 is 5.97 Å². The number of carbonyl (C=O) groups is 3. The molecule has 0 unspecified atom stereocenters. The van der Waals surface area contributed by atoms with Crippen LogP contribution < -0.4 is 11.1 Å². The zero-order valence-corrected chi connectivity index (χ0v) is 13.8. The number of nitrogens with one attached hydrogen (secondary N) is 1. The van der Waals surface area contributed by atoms with E-state index in [9.17, 15) is 19.5 Å². The van der Waals surface area contributed by atoms with Crippen LogP contribution in [0.2, 0.25) is 0 Å². The first-order chi connectivity index (χ1) is 11.3. The molecule has 24 heavy (non-hydrogen) atoms. The average Bonchev–Trinajstić information content (AvgIpc) is 2.98. The van der Waals surface area contributed by atoms with Crippen molar-refractivity contribution in [2.45, 2.75) is 20.0 Å². The second-order valence-corrected chi connectivity index (χ2v) is 5.98. The Morgan fingerprint density at radius 3 is 2.62 bits per heavy atom. The highest BCUT2D eigenvalue weighted by Gasteiger charge is 2.21. The number of aryl methyl sites for hydroxylation is 1. The van der Waals surface area contributed by atoms with Crippen LogP contribution in [0.3, 0.4) is 0 Å². The van der Waals surface area contributed by atoms with E-state index in [1.165, 1.54) is 25.1 Å². The van der Waals surface area contributed by atoms with Crippen LogP contribution in [-0.2, 0) is 9.53 Å². The fraction of sp³-hybridized carbons (Fsp3) is 0.188. The summed E-state index contributed by atoms with van der Waals surface area (Å²) in [6.45, 7) is 3.09. The van der Waals surface area contributed by atoms with Gasteiger partial charge in [-0.2, -0.15) is 0 Å². The van der Waals surface area contributed by atoms with E-state index in [0.717, 1.165) is 11.3 Å². The van der Waals surface area contributed by atoms with Crippen LogP contribution in [0.25, 0.3) is 0 Å². The van der Waals surface area contributed by atoms with Gasteiger partial charge in [0.15, 0.2) is 6.10 Å². The molecule has 2 rings (SSSR count). The molecule has 0 saturated heterocycles. The molecule has 1 aromatic carbocycles. The lowest BCUT2D eigenvalue weighted by Gasteiger charge is -2.13. The molecule has 0 fully saturated rings. The normalized spacial score (nSPS) is 11.6. The lowest BCUT2D eigenvalue weighted by molar-refractivity contribution is -0.123. The summed E-state index contributed by atoms with van der Waals surface area (Å²) >= 11 is 1.14. The van der Waals surface area contributed by atoms with E-state index in [0.29, 0.717) is 10.6 Å². The molecular weight excluding hydrogens is 332 g/mol. The van der Waals surface area contributed by atoms with Crippen molar-refractivity contribution in [3.63, 3.8) is 0 Å². The summed E-state index contributed by atoms with van der Waals surface area (Å²) in [6, 6.07) is 5.83. The molecule has 1 atom stereocenters. The van der Waals surface area contributed by atoms with Crippen molar-refractivity contribution in [2.75, 3.05) is 5.32 Å². The van der Waals surface area contributed by atoms with Gasteiger partial charge in [0.1, 0.15) is 10.8 Å². The summed E-state index contributed by atoms with van der Waals surface area (Å²) in [5.74, 6) is -2.03. The second kappa shape index (κ2) is 7.14. The molecule has 0 aliphatic carbocycles. The molecule has 0 saturated carbocycles. The van der Waals surface area contributed by atoms with E-state index in [1.807, 2.05) is 0 Å². The van der Waals surface area contributed by atoms with Crippen molar-refractivity contribution in [1.29, 1.82) is 0 Å². The molecule has 1 heterocycles. The zero-order chi connectivity index (χ0) is 17.9. The standard InChI is InChI=1S/C16H16N2O5S/c1-8-3-4-10(7-12(8)19)16(22)23-9(2)14(21)18-15-11(13(17)20)5-6-24-15/h3-7,9,19H,1-2H3,(H2,17,20)(H,18,21)/t9-/m1/s1. The highest BCUT2D eigenvalue weighted by Crippen LogP contribution is 2.23. The lowest BCUT2D eigenvalue weighted by Crippen LogP contribution is -2.30. The Balaban J connectivity index is 2.03. The molecule has 7 nitrogen and oxygen atoms in total. The number of thiophene rings is 1. The number of carbonyl (C=O) groups excluding carboxylic acids is 3. The Labute approximate surface area is 142 Å². The van der Waals surface area contributed by atoms with Crippen LogP contribution >= 0.6 is 11.3 Å². The molecule has 1 aromatic heterocycles. The summed E-state index contributed by atoms with van der Waals surface area (Å²) in [5.41, 5.74) is 6.14. The van der Waals surface area contributed by atoms with Crippen LogP contribution in [0.5, 0.6) is 5.75 Å². The zero-order valence-electron chi connectivity index (χ0n) is 13.0. The van der Waals surface area contributed by atoms with Gasteiger partial charge in [-0.1, -0.05) is 6.07 Å². The predicted molar refractivity (Wildman–Crippen MR) is 89.2 cm³/mol. The summed E-state index contributed by atoms with van der Waals surface area (Å²) < 4.78 is 5.07. The Hall–Kier alpha value is -2.87. The topological polar surface area (TPSA) is 119 Å². The fourth-order valence-electron chi connectivity index (χ4n) is 1.83. The molecule has 126 valence electrons. The van der Waals surface area contributed by atoms with Gasteiger partial charge in [0.2, 0.25) is 0 Å². The molecule has 4 N–H and O–H groups in total. The highest BCUT2D eigenvalue weighted by atomic mass is 32.1. The second-order valence-electron chi connectivity index (χ2n) is 5.07. The molecule has 2 aromatic rings. The number of primary amides is 1. The quantitative estimate of drug-likeness (QED) is 0.715. The Bertz CT molecular complexity index is 800. The number of nitrogens with two attached hydrogens (primary N) is 1. The number of phenolic OH excluding ortho intramolecular Hbond substituents is 1. The molecule has 0 aliphatic rings. The van der Waals surface area contributed by atoms with Crippen molar-refractivity contribution in [3.05, 3.63) is 46.3 Å². The number of benzene rings is 1. The first-order valence-electron chi connectivity index (χ1n) is 6.98. The van der Waals surface area contributed by atoms with Crippen molar-refractivity contribution in [1.82, 2.24) is 0 Å². The minimum absolute atomic E-state index is 0.0359. The maximum Gasteiger partial charge on any atom is 0.339 e. The molecule has 8 heteroatoms. The average molecular weight is 348 g/mol. The van der Waals surface area contributed by atoms with E-state index in [4.69, 9.17) is 10.5 Å². The van der Waals surface area contributed by atoms with Crippen LogP contribution in [0.1, 0.15) is 33.2 Å². The van der Waals surface area contributed by atoms with E-state index in [1.54, 1.807) is 18.4 Å². The summed E-state index contributed by atoms with van der Waals surface area (Å²) in [7, 11) is 0. The maximum absolute atomic E-state index is 12.1. The monoisotopic (exact) mass is 348 g/mol. The van der Waals surface area contributed by atoms with Crippen molar-refractivity contribution in [2.24, 2.45) is 5.73 Å². The van der Waals surface area contributed by atoms with Gasteiger partial charge in [0.05, 0.1) is 11.1 Å². The van der Waals surface area contributed by atoms with Crippen LogP contribution in [0.15, 0.2) is 29.6 Å². The van der Waals surface area contributed by atoms with Gasteiger partial charge in [-0.3, -0.25) is 9.59 Å². The van der Waals surface area contributed by atoms with Crippen LogP contribution in [0.4, 0.5) is 5.00 Å². The third kappa shape index (κ3) is 3.90. The number of esters is 1. The number of aromatic hydroxyl groups is 1. The van der Waals surface area contributed by atoms with Crippen LogP contribution in [0, 0.1) is 6.92 Å². The number of anilines is 1. The lowest BCUT2D eigenvalue weighted by atomic mass is 10.1. The highest BCUT2D eigenvalue weighted by molar-refractivity contribution is 7.14. The van der Waals surface area contributed by atoms with Crippen LogP contribution in [-0.4, -0.2) is 29.0 Å². The molecule has 0 aliphatic heterocycles. The molecule has 0 bridgehead atoms. The first kappa shape index (κ1) is 17.5. The van der Waals surface area contributed by atoms with Gasteiger partial charge in [-0.05, 0) is 43.0 Å². The van der Waals surface area contributed by atoms with Crippen molar-refractivity contribution < 1.29 is 24.2 Å². The number of hydrogen-bond donors (Lipinski definition) is 3. The van der Waals surface area contributed by atoms with E-state index in [2.05, 4.69) is 5.32 Å². The van der Waals surface area contributed by atoms with Gasteiger partial charge < -0.3 is 20.9 Å². The van der Waals surface area contributed by atoms with E-state index in [-0.39, 0.29) is 16.9 Å². The third-order valence-electron chi connectivity index (χ3n) is 3.27. The number of ether oxygens (including phenoxy) is 1. The smallest absolute Gasteiger partial charge is 0.339 e. The number of phenols is 1. The maximum atomic E-state index is 12.1. The fourth-order valence-corrected chi connectivity index (χ4v) is 2.63. The number of rotatable bonds is 5. The van der Waals surface area contributed by atoms with Gasteiger partial charge in [-0.25, -0.2) is 4.79 Å². The van der Waals surface area contributed by atoms with E-state index < -0.39 is 23.9 Å². The summed E-state index contributed by atoms with van der Waals surface area (Å²) in [5, 5.41) is 14.0. The number of amides is 2. The minimum Gasteiger partial charge on any atom is -0.508 e. The van der Waals surface area contributed by atoms with Gasteiger partial charge in [0.25, 0.3) is 11.8 Å². The Morgan fingerprint density at radius 2 is 2.00 bits per heavy atom. The van der Waals surface area contributed by atoms with Gasteiger partial charge in [0, 0.05) is 0 Å². The largest absolute Gasteiger partial charge is 0.508 e. The predicted octanol–water partition coefficient (Wildman–Crippen LogP) is 2.05. The third-order valence-corrected chi connectivity index (χ3v) is 4.10. The Kier molecular flexibility index (Phi) is 5.20. The molecule has 0 spiro atoms. The Morgan fingerprint density at radius 1 is 1.29 bits per heavy atom. The van der Waals surface area contributed by atoms with Crippen molar-refractivity contribution >= 4 is 34.1 Å². The van der Waals surface area contributed by atoms with E-state index >= 15 is 0 Å². The van der Waals surface area contributed by atoms with Gasteiger partial charge in [-0.15, -0.1) is 11.3 Å². The molecule has 0 radical (unpaired) electrons. The molecule has 2 amide bonds. The number of hydrogen-bond acceptors (Lipinski definition) is 6. The summed E-state index contributed by atoms with van der Waals surface area (Å²) in [4.78, 5) is 35.3.